The van der Waals surface area contributed by atoms with E-state index in [1.54, 1.807) is 0 Å². The Kier molecular flexibility index (Phi) is 5.10. The topological polar surface area (TPSA) is 49.6 Å². The molecule has 4 rings (SSSR count). The monoisotopic (exact) mass is 363 g/mol. The van der Waals surface area contributed by atoms with Crippen LogP contribution in [0.2, 0.25) is 0 Å². The van der Waals surface area contributed by atoms with E-state index in [2.05, 4.69) is 28.9 Å². The van der Waals surface area contributed by atoms with E-state index in [-0.39, 0.29) is 11.8 Å². The SMILES string of the molecule is CCN(CC(=O)N1CCC(c2nc3ccccc3o2)CC1)c1ccccc1. The molecule has 27 heavy (non-hydrogen) atoms. The number of carbonyl (C=O) groups excluding carboxylic acids is 1. The van der Waals surface area contributed by atoms with E-state index >= 15 is 0 Å². The average Bonchev–Trinajstić information content (AvgIpc) is 3.17. The first-order valence-electron chi connectivity index (χ1n) is 9.68. The minimum atomic E-state index is 0.191. The van der Waals surface area contributed by atoms with Gasteiger partial charge >= 0.3 is 0 Å². The zero-order valence-corrected chi connectivity index (χ0v) is 15.7. The number of nitrogens with zero attached hydrogens (tertiary/aromatic N) is 3. The number of piperidine rings is 1. The lowest BCUT2D eigenvalue weighted by Crippen LogP contribution is -2.44. The minimum Gasteiger partial charge on any atom is -0.440 e. The van der Waals surface area contributed by atoms with E-state index in [0.717, 1.165) is 55.2 Å². The molecular formula is C22H25N3O2. The van der Waals surface area contributed by atoms with Crippen molar-refractivity contribution in [3.8, 4) is 0 Å². The number of benzene rings is 2. The highest BCUT2D eigenvalue weighted by atomic mass is 16.3. The van der Waals surface area contributed by atoms with Gasteiger partial charge in [-0.2, -0.15) is 0 Å². The molecular weight excluding hydrogens is 338 g/mol. The van der Waals surface area contributed by atoms with E-state index < -0.39 is 0 Å². The van der Waals surface area contributed by atoms with Crippen LogP contribution in [0, 0.1) is 0 Å². The zero-order chi connectivity index (χ0) is 18.6. The third-order valence-electron chi connectivity index (χ3n) is 5.34. The van der Waals surface area contributed by atoms with E-state index in [1.165, 1.54) is 0 Å². The number of oxazole rings is 1. The molecule has 1 aromatic heterocycles. The second kappa shape index (κ2) is 7.82. The highest BCUT2D eigenvalue weighted by molar-refractivity contribution is 5.81. The second-order valence-corrected chi connectivity index (χ2v) is 7.02. The predicted molar refractivity (Wildman–Crippen MR) is 107 cm³/mol. The average molecular weight is 363 g/mol. The van der Waals surface area contributed by atoms with Crippen molar-refractivity contribution >= 4 is 22.7 Å². The summed E-state index contributed by atoms with van der Waals surface area (Å²) in [6, 6.07) is 18.0. The third-order valence-corrected chi connectivity index (χ3v) is 5.34. The molecule has 0 N–H and O–H groups in total. The first-order valence-corrected chi connectivity index (χ1v) is 9.68. The van der Waals surface area contributed by atoms with Gasteiger partial charge in [0.25, 0.3) is 0 Å². The van der Waals surface area contributed by atoms with Crippen molar-refractivity contribution in [1.29, 1.82) is 0 Å². The fourth-order valence-electron chi connectivity index (χ4n) is 3.73. The molecule has 140 valence electrons. The summed E-state index contributed by atoms with van der Waals surface area (Å²) in [7, 11) is 0. The first-order chi connectivity index (χ1) is 13.2. The molecule has 0 unspecified atom stereocenters. The minimum absolute atomic E-state index is 0.191. The summed E-state index contributed by atoms with van der Waals surface area (Å²) >= 11 is 0. The van der Waals surface area contributed by atoms with Crippen molar-refractivity contribution in [3.05, 3.63) is 60.5 Å². The van der Waals surface area contributed by atoms with Crippen LogP contribution in [0.25, 0.3) is 11.1 Å². The van der Waals surface area contributed by atoms with Gasteiger partial charge in [0.1, 0.15) is 5.52 Å². The molecule has 0 saturated carbocycles. The number of para-hydroxylation sites is 3. The van der Waals surface area contributed by atoms with Gasteiger partial charge in [-0.15, -0.1) is 0 Å². The Morgan fingerprint density at radius 2 is 1.81 bits per heavy atom. The Morgan fingerprint density at radius 3 is 2.52 bits per heavy atom. The van der Waals surface area contributed by atoms with Crippen LogP contribution in [-0.4, -0.2) is 42.0 Å². The van der Waals surface area contributed by atoms with Gasteiger partial charge in [0.15, 0.2) is 11.5 Å². The summed E-state index contributed by atoms with van der Waals surface area (Å²) < 4.78 is 5.92. The van der Waals surface area contributed by atoms with E-state index in [9.17, 15) is 4.79 Å². The van der Waals surface area contributed by atoms with Gasteiger partial charge in [0.2, 0.25) is 5.91 Å². The van der Waals surface area contributed by atoms with Gasteiger partial charge in [-0.1, -0.05) is 30.3 Å². The lowest BCUT2D eigenvalue weighted by atomic mass is 9.96. The van der Waals surface area contributed by atoms with E-state index in [0.29, 0.717) is 6.54 Å². The molecule has 0 bridgehead atoms. The normalized spacial score (nSPS) is 15.2. The zero-order valence-electron chi connectivity index (χ0n) is 15.7. The summed E-state index contributed by atoms with van der Waals surface area (Å²) in [5, 5.41) is 0. The van der Waals surface area contributed by atoms with Crippen LogP contribution < -0.4 is 4.90 Å². The number of aromatic nitrogens is 1. The molecule has 0 spiro atoms. The van der Waals surface area contributed by atoms with Crippen LogP contribution in [0.5, 0.6) is 0 Å². The summed E-state index contributed by atoms with van der Waals surface area (Å²) in [5.41, 5.74) is 2.84. The lowest BCUT2D eigenvalue weighted by molar-refractivity contribution is -0.130. The quantitative estimate of drug-likeness (QED) is 0.686. The number of rotatable bonds is 5. The maximum Gasteiger partial charge on any atom is 0.242 e. The molecule has 5 nitrogen and oxygen atoms in total. The Hall–Kier alpha value is -2.82. The van der Waals surface area contributed by atoms with Gasteiger partial charge in [-0.3, -0.25) is 4.79 Å². The van der Waals surface area contributed by atoms with Crippen LogP contribution in [0.15, 0.2) is 59.0 Å². The number of likely N-dealkylation sites (tertiary alicyclic amines) is 1. The number of likely N-dealkylation sites (N-methyl/N-ethyl adjacent to an activating group) is 1. The van der Waals surface area contributed by atoms with Crippen molar-refractivity contribution in [2.24, 2.45) is 0 Å². The summed E-state index contributed by atoms with van der Waals surface area (Å²) in [6.07, 6.45) is 1.80. The number of carbonyl (C=O) groups is 1. The lowest BCUT2D eigenvalue weighted by Gasteiger charge is -2.33. The Morgan fingerprint density at radius 1 is 1.11 bits per heavy atom. The van der Waals surface area contributed by atoms with Crippen molar-refractivity contribution in [3.63, 3.8) is 0 Å². The smallest absolute Gasteiger partial charge is 0.242 e. The van der Waals surface area contributed by atoms with Crippen LogP contribution in [0.1, 0.15) is 31.6 Å². The number of anilines is 1. The van der Waals surface area contributed by atoms with Gasteiger partial charge in [-0.25, -0.2) is 4.98 Å². The largest absolute Gasteiger partial charge is 0.440 e. The van der Waals surface area contributed by atoms with Crippen LogP contribution >= 0.6 is 0 Å². The van der Waals surface area contributed by atoms with Crippen molar-refractivity contribution in [1.82, 2.24) is 9.88 Å². The number of hydrogen-bond acceptors (Lipinski definition) is 4. The van der Waals surface area contributed by atoms with Gasteiger partial charge in [0, 0.05) is 31.2 Å². The molecule has 1 fully saturated rings. The predicted octanol–water partition coefficient (Wildman–Crippen LogP) is 4.06. The molecule has 2 aromatic carbocycles. The molecule has 5 heteroatoms. The Balaban J connectivity index is 1.36. The highest BCUT2D eigenvalue weighted by Gasteiger charge is 2.27. The van der Waals surface area contributed by atoms with Crippen LogP contribution in [0.3, 0.4) is 0 Å². The molecule has 1 aliphatic rings. The van der Waals surface area contributed by atoms with Crippen molar-refractivity contribution in [2.45, 2.75) is 25.7 Å². The highest BCUT2D eigenvalue weighted by Crippen LogP contribution is 2.30. The summed E-state index contributed by atoms with van der Waals surface area (Å²) in [6.45, 7) is 4.84. The Bertz CT molecular complexity index is 865. The van der Waals surface area contributed by atoms with E-state index in [4.69, 9.17) is 4.42 Å². The van der Waals surface area contributed by atoms with Gasteiger partial charge < -0.3 is 14.2 Å². The maximum absolute atomic E-state index is 12.8. The molecule has 0 aliphatic carbocycles. The number of amides is 1. The van der Waals surface area contributed by atoms with Crippen molar-refractivity contribution in [2.75, 3.05) is 31.1 Å². The fraction of sp³-hybridized carbons (Fsp3) is 0.364. The third kappa shape index (κ3) is 3.82. The number of hydrogen-bond donors (Lipinski definition) is 0. The van der Waals surface area contributed by atoms with E-state index in [1.807, 2.05) is 47.4 Å². The molecule has 2 heterocycles. The molecule has 3 aromatic rings. The molecule has 1 saturated heterocycles. The van der Waals surface area contributed by atoms with Gasteiger partial charge in [-0.05, 0) is 44.0 Å². The molecule has 1 amide bonds. The molecule has 0 atom stereocenters. The first kappa shape index (κ1) is 17.6. The van der Waals surface area contributed by atoms with Crippen molar-refractivity contribution < 1.29 is 9.21 Å². The standard InChI is InChI=1S/C22H25N3O2/c1-2-24(18-8-4-3-5-9-18)16-21(26)25-14-12-17(13-15-25)22-23-19-10-6-7-11-20(19)27-22/h3-11,17H,2,12-16H2,1H3. The van der Waals surface area contributed by atoms with Gasteiger partial charge in [0.05, 0.1) is 6.54 Å². The number of fused-ring (bicyclic) bond motifs is 1. The van der Waals surface area contributed by atoms with Crippen LogP contribution in [0.4, 0.5) is 5.69 Å². The Labute approximate surface area is 159 Å². The fourth-order valence-corrected chi connectivity index (χ4v) is 3.73. The summed E-state index contributed by atoms with van der Waals surface area (Å²) in [4.78, 5) is 21.5. The molecule has 0 radical (unpaired) electrons. The molecule has 1 aliphatic heterocycles. The van der Waals surface area contributed by atoms with Crippen LogP contribution in [-0.2, 0) is 4.79 Å². The summed E-state index contributed by atoms with van der Waals surface area (Å²) in [5.74, 6) is 1.29. The second-order valence-electron chi connectivity index (χ2n) is 7.02. The maximum atomic E-state index is 12.8.